The van der Waals surface area contributed by atoms with Crippen molar-refractivity contribution in [2.45, 2.75) is 20.0 Å². The first kappa shape index (κ1) is 13.4. The Morgan fingerprint density at radius 1 is 1.05 bits per heavy atom. The van der Waals surface area contributed by atoms with Crippen molar-refractivity contribution in [2.75, 3.05) is 5.32 Å². The molecular weight excluding hydrogens is 266 g/mol. The Kier molecular flexibility index (Phi) is 3.22. The normalized spacial score (nSPS) is 16.7. The topological polar surface area (TPSA) is 55.4 Å². The third kappa shape index (κ3) is 2.29. The van der Waals surface area contributed by atoms with Crippen LogP contribution in [0.5, 0.6) is 0 Å². The number of rotatable bonds is 2. The summed E-state index contributed by atoms with van der Waals surface area (Å²) < 4.78 is 5.27. The van der Waals surface area contributed by atoms with Crippen molar-refractivity contribution in [3.05, 3.63) is 64.7 Å². The predicted molar refractivity (Wildman–Crippen MR) is 79.5 cm³/mol. The maximum absolute atomic E-state index is 12.7. The first-order valence-electron chi connectivity index (χ1n) is 6.75. The highest BCUT2D eigenvalue weighted by molar-refractivity contribution is 6.04. The molecule has 1 atom stereocenters. The van der Waals surface area contributed by atoms with Gasteiger partial charge in [-0.3, -0.25) is 10.1 Å². The Hall–Kier alpha value is -2.62. The van der Waals surface area contributed by atoms with Gasteiger partial charge in [0.2, 0.25) is 5.78 Å². The molecule has 4 heteroatoms. The van der Waals surface area contributed by atoms with Crippen molar-refractivity contribution in [2.24, 2.45) is 0 Å². The number of Topliss-reactive ketones (excluding diaryl/α,β-unsaturated/α-hetero) is 1. The van der Waals surface area contributed by atoms with Crippen LogP contribution in [0, 0.1) is 13.8 Å². The monoisotopic (exact) mass is 281 g/mol. The first-order chi connectivity index (χ1) is 10.1. The van der Waals surface area contributed by atoms with E-state index in [9.17, 15) is 9.59 Å². The number of hydrogen-bond acceptors (Lipinski definition) is 3. The van der Waals surface area contributed by atoms with Crippen LogP contribution in [0.2, 0.25) is 0 Å². The number of aryl methyl sites for hydroxylation is 2. The number of anilines is 1. The van der Waals surface area contributed by atoms with E-state index in [4.69, 9.17) is 4.74 Å². The fourth-order valence-electron chi connectivity index (χ4n) is 2.57. The standard InChI is InChI=1S/C17H15NO3/c1-10-8-9-11(2)14-13(10)16(21-17(20)18-14)15(19)12-6-4-3-5-7-12/h3-9,16H,1-2H3,(H,18,20). The van der Waals surface area contributed by atoms with Gasteiger partial charge in [-0.15, -0.1) is 0 Å². The van der Waals surface area contributed by atoms with E-state index in [0.29, 0.717) is 11.3 Å². The summed E-state index contributed by atoms with van der Waals surface area (Å²) in [6, 6.07) is 12.7. The van der Waals surface area contributed by atoms with Gasteiger partial charge in [0.05, 0.1) is 5.69 Å². The second-order valence-corrected chi connectivity index (χ2v) is 5.13. The SMILES string of the molecule is Cc1ccc(C)c2c1NC(=O)OC2C(=O)c1ccccc1. The first-order valence-corrected chi connectivity index (χ1v) is 6.75. The highest BCUT2D eigenvalue weighted by Gasteiger charge is 2.34. The second kappa shape index (κ2) is 5.05. The van der Waals surface area contributed by atoms with Crippen molar-refractivity contribution >= 4 is 17.6 Å². The lowest BCUT2D eigenvalue weighted by Gasteiger charge is -2.28. The third-order valence-corrected chi connectivity index (χ3v) is 3.68. The van der Waals surface area contributed by atoms with Gasteiger partial charge in [-0.2, -0.15) is 0 Å². The van der Waals surface area contributed by atoms with Gasteiger partial charge in [0.15, 0.2) is 6.10 Å². The molecule has 21 heavy (non-hydrogen) atoms. The molecule has 0 saturated carbocycles. The van der Waals surface area contributed by atoms with Crippen LogP contribution in [0.1, 0.15) is 33.2 Å². The number of ketones is 1. The van der Waals surface area contributed by atoms with E-state index >= 15 is 0 Å². The Morgan fingerprint density at radius 3 is 2.43 bits per heavy atom. The third-order valence-electron chi connectivity index (χ3n) is 3.68. The number of carbonyl (C=O) groups is 2. The number of nitrogens with one attached hydrogen (secondary N) is 1. The summed E-state index contributed by atoms with van der Waals surface area (Å²) in [5.41, 5.74) is 3.79. The maximum Gasteiger partial charge on any atom is 0.412 e. The number of benzene rings is 2. The lowest BCUT2D eigenvalue weighted by molar-refractivity contribution is 0.0649. The van der Waals surface area contributed by atoms with Gasteiger partial charge >= 0.3 is 6.09 Å². The van der Waals surface area contributed by atoms with Gasteiger partial charge in [-0.25, -0.2) is 4.79 Å². The molecule has 0 fully saturated rings. The Bertz CT molecular complexity index is 722. The minimum atomic E-state index is -0.893. The second-order valence-electron chi connectivity index (χ2n) is 5.13. The fraction of sp³-hybridized carbons (Fsp3) is 0.176. The molecule has 1 aliphatic rings. The molecule has 0 aliphatic carbocycles. The zero-order chi connectivity index (χ0) is 15.0. The zero-order valence-electron chi connectivity index (χ0n) is 11.8. The van der Waals surface area contributed by atoms with Crippen molar-refractivity contribution in [1.29, 1.82) is 0 Å². The van der Waals surface area contributed by atoms with Crippen LogP contribution < -0.4 is 5.32 Å². The maximum atomic E-state index is 12.7. The van der Waals surface area contributed by atoms with Gasteiger partial charge in [0, 0.05) is 11.1 Å². The van der Waals surface area contributed by atoms with Gasteiger partial charge in [0.1, 0.15) is 0 Å². The summed E-state index contributed by atoms with van der Waals surface area (Å²) in [5, 5.41) is 2.69. The zero-order valence-corrected chi connectivity index (χ0v) is 11.8. The van der Waals surface area contributed by atoms with Crippen LogP contribution in [-0.4, -0.2) is 11.9 Å². The smallest absolute Gasteiger partial charge is 0.412 e. The van der Waals surface area contributed by atoms with Crippen molar-refractivity contribution in [3.8, 4) is 0 Å². The van der Waals surface area contributed by atoms with Crippen LogP contribution in [0.25, 0.3) is 0 Å². The number of fused-ring (bicyclic) bond motifs is 1. The van der Waals surface area contributed by atoms with Gasteiger partial charge in [-0.05, 0) is 25.0 Å². The van der Waals surface area contributed by atoms with Crippen molar-refractivity contribution < 1.29 is 14.3 Å². The molecule has 0 saturated heterocycles. The molecule has 2 aromatic carbocycles. The molecule has 0 bridgehead atoms. The van der Waals surface area contributed by atoms with Crippen LogP contribution in [0.3, 0.4) is 0 Å². The number of hydrogen-bond donors (Lipinski definition) is 1. The molecule has 3 rings (SSSR count). The Morgan fingerprint density at radius 2 is 1.71 bits per heavy atom. The van der Waals surface area contributed by atoms with E-state index in [-0.39, 0.29) is 5.78 Å². The molecule has 2 aromatic rings. The Balaban J connectivity index is 2.12. The molecule has 0 spiro atoms. The molecule has 0 radical (unpaired) electrons. The van der Waals surface area contributed by atoms with Crippen LogP contribution in [-0.2, 0) is 4.74 Å². The van der Waals surface area contributed by atoms with E-state index in [1.807, 2.05) is 32.0 Å². The Labute approximate surface area is 122 Å². The van der Waals surface area contributed by atoms with Gasteiger partial charge in [0.25, 0.3) is 0 Å². The minimum absolute atomic E-state index is 0.208. The minimum Gasteiger partial charge on any atom is -0.433 e. The molecular formula is C17H15NO3. The van der Waals surface area contributed by atoms with Crippen LogP contribution >= 0.6 is 0 Å². The summed E-state index contributed by atoms with van der Waals surface area (Å²) in [7, 11) is 0. The molecule has 106 valence electrons. The predicted octanol–water partition coefficient (Wildman–Crippen LogP) is 3.79. The molecule has 1 heterocycles. The summed E-state index contributed by atoms with van der Waals surface area (Å²) in [6.07, 6.45) is -1.48. The van der Waals surface area contributed by atoms with Gasteiger partial charge in [-0.1, -0.05) is 42.5 Å². The lowest BCUT2D eigenvalue weighted by atomic mass is 9.92. The average Bonchev–Trinajstić information content (AvgIpc) is 2.50. The van der Waals surface area contributed by atoms with E-state index < -0.39 is 12.2 Å². The highest BCUT2D eigenvalue weighted by atomic mass is 16.6. The number of cyclic esters (lactones) is 1. The quantitative estimate of drug-likeness (QED) is 0.852. The molecule has 4 nitrogen and oxygen atoms in total. The summed E-state index contributed by atoms with van der Waals surface area (Å²) in [6.45, 7) is 3.80. The molecule has 1 aliphatic heterocycles. The molecule has 1 amide bonds. The van der Waals surface area contributed by atoms with E-state index in [2.05, 4.69) is 5.32 Å². The largest absolute Gasteiger partial charge is 0.433 e. The van der Waals surface area contributed by atoms with Crippen molar-refractivity contribution in [3.63, 3.8) is 0 Å². The van der Waals surface area contributed by atoms with Crippen LogP contribution in [0.15, 0.2) is 42.5 Å². The lowest BCUT2D eigenvalue weighted by Crippen LogP contribution is -2.30. The summed E-state index contributed by atoms with van der Waals surface area (Å²) in [4.78, 5) is 24.4. The summed E-state index contributed by atoms with van der Waals surface area (Å²) in [5.74, 6) is -0.208. The van der Waals surface area contributed by atoms with Gasteiger partial charge < -0.3 is 4.74 Å². The summed E-state index contributed by atoms with van der Waals surface area (Å²) >= 11 is 0. The van der Waals surface area contributed by atoms with E-state index in [1.54, 1.807) is 24.3 Å². The number of carbonyl (C=O) groups excluding carboxylic acids is 2. The van der Waals surface area contributed by atoms with E-state index in [1.165, 1.54) is 0 Å². The molecule has 1 unspecified atom stereocenters. The van der Waals surface area contributed by atoms with Crippen molar-refractivity contribution in [1.82, 2.24) is 0 Å². The van der Waals surface area contributed by atoms with Crippen LogP contribution in [0.4, 0.5) is 10.5 Å². The highest BCUT2D eigenvalue weighted by Crippen LogP contribution is 2.37. The number of ether oxygens (including phenoxy) is 1. The van der Waals surface area contributed by atoms with E-state index in [0.717, 1.165) is 16.7 Å². The molecule has 0 aromatic heterocycles. The number of amides is 1. The fourth-order valence-corrected chi connectivity index (χ4v) is 2.57. The average molecular weight is 281 g/mol. The molecule has 1 N–H and O–H groups in total.